The first-order valence-electron chi connectivity index (χ1n) is 7.56. The van der Waals surface area contributed by atoms with Crippen molar-refractivity contribution in [2.75, 3.05) is 26.7 Å². The molecule has 2 rings (SSSR count). The number of carboxylic acids is 1. The highest BCUT2D eigenvalue weighted by Crippen LogP contribution is 2.30. The minimum Gasteiger partial charge on any atom is -0.480 e. The van der Waals surface area contributed by atoms with Gasteiger partial charge in [-0.2, -0.15) is 13.2 Å². The van der Waals surface area contributed by atoms with Crippen molar-refractivity contribution in [1.29, 1.82) is 0 Å². The number of carboxylic acid groups (broad SMARTS) is 1. The second-order valence-corrected chi connectivity index (χ2v) is 6.01. The van der Waals surface area contributed by atoms with Crippen LogP contribution in [0, 0.1) is 0 Å². The second kappa shape index (κ2) is 7.31. The van der Waals surface area contributed by atoms with Crippen molar-refractivity contribution >= 4 is 5.97 Å². The minimum atomic E-state index is -4.32. The minimum absolute atomic E-state index is 0.0122. The third-order valence-corrected chi connectivity index (χ3v) is 4.23. The zero-order valence-corrected chi connectivity index (χ0v) is 13.0. The van der Waals surface area contributed by atoms with Crippen LogP contribution in [-0.4, -0.2) is 53.6 Å². The standard InChI is InChI=1S/C16H21F3N2O2/c1-20(11-15(22)23)14-5-7-21(8-6-14)10-12-3-2-4-13(9-12)16(17,18)19/h2-4,9,14H,5-8,10-11H2,1H3,(H,22,23). The number of alkyl halides is 3. The summed E-state index contributed by atoms with van der Waals surface area (Å²) < 4.78 is 38.2. The maximum Gasteiger partial charge on any atom is 0.416 e. The molecule has 23 heavy (non-hydrogen) atoms. The zero-order chi connectivity index (χ0) is 17.0. The summed E-state index contributed by atoms with van der Waals surface area (Å²) in [6.07, 6.45) is -2.67. The van der Waals surface area contributed by atoms with E-state index in [1.165, 1.54) is 12.1 Å². The molecule has 1 N–H and O–H groups in total. The number of nitrogens with zero attached hydrogens (tertiary/aromatic N) is 2. The number of hydrogen-bond donors (Lipinski definition) is 1. The van der Waals surface area contributed by atoms with Crippen LogP contribution in [0.4, 0.5) is 13.2 Å². The van der Waals surface area contributed by atoms with Crippen molar-refractivity contribution in [3.8, 4) is 0 Å². The Bertz CT molecular complexity index is 540. The molecular weight excluding hydrogens is 309 g/mol. The first-order valence-corrected chi connectivity index (χ1v) is 7.56. The lowest BCUT2D eigenvalue weighted by Crippen LogP contribution is -2.44. The summed E-state index contributed by atoms with van der Waals surface area (Å²) in [5, 5.41) is 8.81. The van der Waals surface area contributed by atoms with E-state index in [0.29, 0.717) is 12.1 Å². The van der Waals surface area contributed by atoms with E-state index in [1.54, 1.807) is 13.1 Å². The van der Waals surface area contributed by atoms with Crippen LogP contribution < -0.4 is 0 Å². The third kappa shape index (κ3) is 5.21. The van der Waals surface area contributed by atoms with Gasteiger partial charge in [-0.15, -0.1) is 0 Å². The van der Waals surface area contributed by atoms with E-state index in [0.717, 1.165) is 32.0 Å². The molecule has 1 aromatic carbocycles. The molecule has 1 fully saturated rings. The smallest absolute Gasteiger partial charge is 0.416 e. The van der Waals surface area contributed by atoms with E-state index in [2.05, 4.69) is 4.90 Å². The Balaban J connectivity index is 1.88. The lowest BCUT2D eigenvalue weighted by Gasteiger charge is -2.36. The summed E-state index contributed by atoms with van der Waals surface area (Å²) in [6, 6.07) is 5.63. The molecule has 128 valence electrons. The number of rotatable bonds is 5. The average molecular weight is 330 g/mol. The predicted molar refractivity (Wildman–Crippen MR) is 80.0 cm³/mol. The Kier molecular flexibility index (Phi) is 5.64. The number of likely N-dealkylation sites (tertiary alicyclic amines) is 1. The summed E-state index contributed by atoms with van der Waals surface area (Å²) in [7, 11) is 1.79. The van der Waals surface area contributed by atoms with Crippen LogP contribution in [0.25, 0.3) is 0 Å². The van der Waals surface area contributed by atoms with Crippen LogP contribution in [0.15, 0.2) is 24.3 Å². The maximum atomic E-state index is 12.7. The second-order valence-electron chi connectivity index (χ2n) is 6.01. The quantitative estimate of drug-likeness (QED) is 0.901. The van der Waals surface area contributed by atoms with Crippen molar-refractivity contribution in [2.24, 2.45) is 0 Å². The van der Waals surface area contributed by atoms with Crippen molar-refractivity contribution in [2.45, 2.75) is 31.6 Å². The summed E-state index contributed by atoms with van der Waals surface area (Å²) >= 11 is 0. The van der Waals surface area contributed by atoms with E-state index >= 15 is 0 Å². The molecule has 0 unspecified atom stereocenters. The first-order chi connectivity index (χ1) is 10.8. The molecule has 1 aliphatic rings. The molecule has 1 heterocycles. The summed E-state index contributed by atoms with van der Waals surface area (Å²) in [5.74, 6) is -0.848. The molecule has 0 atom stereocenters. The normalized spacial score (nSPS) is 17.6. The van der Waals surface area contributed by atoms with E-state index in [4.69, 9.17) is 5.11 Å². The molecule has 0 bridgehead atoms. The largest absolute Gasteiger partial charge is 0.480 e. The van der Waals surface area contributed by atoms with Crippen LogP contribution in [0.2, 0.25) is 0 Å². The lowest BCUT2D eigenvalue weighted by molar-refractivity contribution is -0.139. The monoisotopic (exact) mass is 330 g/mol. The fourth-order valence-corrected chi connectivity index (χ4v) is 2.96. The molecule has 7 heteroatoms. The molecule has 0 radical (unpaired) electrons. The van der Waals surface area contributed by atoms with Crippen LogP contribution >= 0.6 is 0 Å². The lowest BCUT2D eigenvalue weighted by atomic mass is 10.0. The Labute approximate surface area is 133 Å². The highest BCUT2D eigenvalue weighted by Gasteiger charge is 2.30. The molecule has 0 aliphatic carbocycles. The van der Waals surface area contributed by atoms with Gasteiger partial charge in [0.05, 0.1) is 12.1 Å². The molecule has 4 nitrogen and oxygen atoms in total. The molecule has 0 aromatic heterocycles. The van der Waals surface area contributed by atoms with Crippen molar-refractivity contribution in [3.63, 3.8) is 0 Å². The van der Waals surface area contributed by atoms with Gasteiger partial charge in [0.25, 0.3) is 0 Å². The highest BCUT2D eigenvalue weighted by atomic mass is 19.4. The fourth-order valence-electron chi connectivity index (χ4n) is 2.96. The van der Waals surface area contributed by atoms with Gasteiger partial charge in [-0.1, -0.05) is 18.2 Å². The Morgan fingerprint density at radius 3 is 2.57 bits per heavy atom. The number of carbonyl (C=O) groups is 1. The number of aliphatic carboxylic acids is 1. The molecule has 1 aliphatic heterocycles. The Morgan fingerprint density at radius 1 is 1.35 bits per heavy atom. The van der Waals surface area contributed by atoms with Gasteiger partial charge in [0.15, 0.2) is 0 Å². The fraction of sp³-hybridized carbons (Fsp3) is 0.562. The van der Waals surface area contributed by atoms with Gasteiger partial charge in [0, 0.05) is 12.6 Å². The van der Waals surface area contributed by atoms with Gasteiger partial charge in [-0.05, 0) is 44.6 Å². The molecule has 1 saturated heterocycles. The van der Waals surface area contributed by atoms with Gasteiger partial charge in [-0.3, -0.25) is 14.6 Å². The van der Waals surface area contributed by atoms with Crippen molar-refractivity contribution < 1.29 is 23.1 Å². The number of hydrogen-bond acceptors (Lipinski definition) is 3. The molecule has 0 amide bonds. The molecule has 0 spiro atoms. The highest BCUT2D eigenvalue weighted by molar-refractivity contribution is 5.69. The average Bonchev–Trinajstić information content (AvgIpc) is 2.46. The van der Waals surface area contributed by atoms with Crippen LogP contribution in [-0.2, 0) is 17.5 Å². The van der Waals surface area contributed by atoms with Gasteiger partial charge >= 0.3 is 12.1 Å². The third-order valence-electron chi connectivity index (χ3n) is 4.23. The number of piperidine rings is 1. The van der Waals surface area contributed by atoms with E-state index in [9.17, 15) is 18.0 Å². The Morgan fingerprint density at radius 2 is 2.00 bits per heavy atom. The summed E-state index contributed by atoms with van der Waals surface area (Å²) in [6.45, 7) is 2.01. The van der Waals surface area contributed by atoms with Crippen LogP contribution in [0.5, 0.6) is 0 Å². The van der Waals surface area contributed by atoms with E-state index in [-0.39, 0.29) is 12.6 Å². The van der Waals surface area contributed by atoms with E-state index in [1.807, 2.05) is 4.90 Å². The Hall–Kier alpha value is -1.60. The van der Waals surface area contributed by atoms with Crippen molar-refractivity contribution in [1.82, 2.24) is 9.80 Å². The van der Waals surface area contributed by atoms with E-state index < -0.39 is 17.7 Å². The molecule has 1 aromatic rings. The number of benzene rings is 1. The molecule has 0 saturated carbocycles. The summed E-state index contributed by atoms with van der Waals surface area (Å²) in [4.78, 5) is 14.7. The van der Waals surface area contributed by atoms with Crippen LogP contribution in [0.3, 0.4) is 0 Å². The topological polar surface area (TPSA) is 43.8 Å². The maximum absolute atomic E-state index is 12.7. The van der Waals surface area contributed by atoms with Crippen LogP contribution in [0.1, 0.15) is 24.0 Å². The van der Waals surface area contributed by atoms with Gasteiger partial charge in [0.1, 0.15) is 0 Å². The number of halogens is 3. The summed E-state index contributed by atoms with van der Waals surface area (Å²) in [5.41, 5.74) is 0.0308. The zero-order valence-electron chi connectivity index (χ0n) is 13.0. The SMILES string of the molecule is CN(CC(=O)O)C1CCN(Cc2cccc(C(F)(F)F)c2)CC1. The predicted octanol–water partition coefficient (Wildman–Crippen LogP) is 2.69. The number of likely N-dealkylation sites (N-methyl/N-ethyl adjacent to an activating group) is 1. The van der Waals surface area contributed by atoms with Crippen molar-refractivity contribution in [3.05, 3.63) is 35.4 Å². The van der Waals surface area contributed by atoms with Gasteiger partial charge in [-0.25, -0.2) is 0 Å². The van der Waals surface area contributed by atoms with Gasteiger partial charge < -0.3 is 5.11 Å². The molecular formula is C16H21F3N2O2. The first kappa shape index (κ1) is 17.7. The van der Waals surface area contributed by atoms with Gasteiger partial charge in [0.2, 0.25) is 0 Å².